The van der Waals surface area contributed by atoms with Crippen LogP contribution in [0.25, 0.3) is 33.8 Å². The number of likely N-dealkylation sites (tertiary alicyclic amines) is 1. The second-order valence-corrected chi connectivity index (χ2v) is 11.6. The van der Waals surface area contributed by atoms with Gasteiger partial charge in [-0.2, -0.15) is 5.10 Å². The molecule has 1 saturated carbocycles. The Balaban J connectivity index is 1.11. The van der Waals surface area contributed by atoms with Gasteiger partial charge >= 0.3 is 5.97 Å². The third kappa shape index (κ3) is 4.94. The predicted octanol–water partition coefficient (Wildman–Crippen LogP) is 5.23. The van der Waals surface area contributed by atoms with E-state index in [4.69, 9.17) is 15.5 Å². The fraction of sp³-hybridized carbons (Fsp3) is 0.333. The number of hydrogen-bond donors (Lipinski definition) is 1. The molecule has 0 atom stereocenters. The van der Waals surface area contributed by atoms with E-state index in [-0.39, 0.29) is 11.9 Å². The number of benzene rings is 2. The number of hydrogen-bond acceptors (Lipinski definition) is 7. The lowest BCUT2D eigenvalue weighted by atomic mass is 9.80. The van der Waals surface area contributed by atoms with Gasteiger partial charge in [-0.05, 0) is 85.7 Å². The van der Waals surface area contributed by atoms with Crippen molar-refractivity contribution in [3.8, 4) is 22.8 Å². The highest BCUT2D eigenvalue weighted by Gasteiger charge is 2.33. The Kier molecular flexibility index (Phi) is 6.95. The van der Waals surface area contributed by atoms with Crippen LogP contribution < -0.4 is 5.73 Å². The summed E-state index contributed by atoms with van der Waals surface area (Å²) >= 11 is 0. The minimum Gasteiger partial charge on any atom is -0.469 e. The normalized spacial score (nSPS) is 19.5. The van der Waals surface area contributed by atoms with E-state index < -0.39 is 0 Å². The van der Waals surface area contributed by atoms with E-state index in [0.717, 1.165) is 79.1 Å². The zero-order valence-corrected chi connectivity index (χ0v) is 23.8. The number of pyridine rings is 1. The second kappa shape index (κ2) is 11.1. The molecule has 9 heteroatoms. The highest BCUT2D eigenvalue weighted by atomic mass is 16.5. The number of carbonyl (C=O) groups is 1. The monoisotopic (exact) mass is 561 g/mol. The topological polar surface area (TPSA) is 104 Å². The molecule has 2 aromatic carbocycles. The Bertz CT molecular complexity index is 1700. The number of esters is 1. The maximum atomic E-state index is 11.8. The lowest BCUT2D eigenvalue weighted by Crippen LogP contribution is -2.47. The molecule has 0 unspecified atom stereocenters. The number of nitrogens with two attached hydrogens (primary N) is 1. The number of nitrogens with zero attached hydrogens (tertiary/aromatic N) is 6. The van der Waals surface area contributed by atoms with Crippen molar-refractivity contribution in [2.45, 2.75) is 31.6 Å². The third-order valence-electron chi connectivity index (χ3n) is 8.96. The average molecular weight is 562 g/mol. The van der Waals surface area contributed by atoms with Crippen LogP contribution >= 0.6 is 0 Å². The predicted molar refractivity (Wildman–Crippen MR) is 162 cm³/mol. The smallest absolute Gasteiger partial charge is 0.308 e. The summed E-state index contributed by atoms with van der Waals surface area (Å²) in [6.45, 7) is 3.28. The minimum absolute atomic E-state index is 0.0426. The highest BCUT2D eigenvalue weighted by molar-refractivity contribution is 5.86. The second-order valence-electron chi connectivity index (χ2n) is 11.6. The number of anilines is 1. The number of methoxy groups -OCH3 is 1. The van der Waals surface area contributed by atoms with Crippen LogP contribution in [0.15, 0.2) is 79.3 Å². The van der Waals surface area contributed by atoms with E-state index in [0.29, 0.717) is 17.7 Å². The molecule has 0 spiro atoms. The first-order chi connectivity index (χ1) is 20.6. The molecule has 1 saturated heterocycles. The zero-order chi connectivity index (χ0) is 28.6. The van der Waals surface area contributed by atoms with Gasteiger partial charge in [0.15, 0.2) is 0 Å². The van der Waals surface area contributed by atoms with E-state index in [1.54, 1.807) is 12.4 Å². The first-order valence-electron chi connectivity index (χ1n) is 14.7. The Morgan fingerprint density at radius 2 is 1.76 bits per heavy atom. The van der Waals surface area contributed by atoms with Crippen LogP contribution in [0.2, 0.25) is 0 Å². The third-order valence-corrected chi connectivity index (χ3v) is 8.96. The molecule has 5 aromatic rings. The zero-order valence-electron chi connectivity index (χ0n) is 23.8. The molecular weight excluding hydrogens is 526 g/mol. The van der Waals surface area contributed by atoms with Crippen molar-refractivity contribution in [2.24, 2.45) is 11.8 Å². The number of aromatic nitrogens is 5. The number of carbonyl (C=O) groups excluding carboxylic acids is 1. The standard InChI is InChI=1S/C33H35N7O2/c1-42-33(41)24-7-5-22(6-8-24)19-38-20-25(21-38)23-9-11-26(12-10-23)40-30-18-27(39-17-3-16-36-39)13-14-29(30)37-32(40)28-4-2-15-35-31(28)34/h2-4,9-18,22,24-25H,5-8,19-21H2,1H3,(H2,34,35)/t22-,24-. The number of fused-ring (bicyclic) bond motifs is 1. The van der Waals surface area contributed by atoms with Crippen LogP contribution in [0.3, 0.4) is 0 Å². The summed E-state index contributed by atoms with van der Waals surface area (Å²) in [5, 5.41) is 4.41. The van der Waals surface area contributed by atoms with Crippen molar-refractivity contribution in [3.63, 3.8) is 0 Å². The van der Waals surface area contributed by atoms with Crippen molar-refractivity contribution >= 4 is 22.8 Å². The van der Waals surface area contributed by atoms with Gasteiger partial charge in [0.05, 0.1) is 35.3 Å². The number of ether oxygens (including phenoxy) is 1. The highest BCUT2D eigenvalue weighted by Crippen LogP contribution is 2.35. The Morgan fingerprint density at radius 1 is 0.976 bits per heavy atom. The minimum atomic E-state index is -0.0426. The van der Waals surface area contributed by atoms with Crippen molar-refractivity contribution in [1.82, 2.24) is 29.2 Å². The van der Waals surface area contributed by atoms with Crippen LogP contribution in [0, 0.1) is 11.8 Å². The summed E-state index contributed by atoms with van der Waals surface area (Å²) < 4.78 is 8.96. The molecule has 2 fully saturated rings. The summed E-state index contributed by atoms with van der Waals surface area (Å²) in [6, 6.07) is 20.8. The summed E-state index contributed by atoms with van der Waals surface area (Å²) in [5.74, 6) is 2.47. The Hall–Kier alpha value is -4.50. The van der Waals surface area contributed by atoms with E-state index >= 15 is 0 Å². The first kappa shape index (κ1) is 26.4. The maximum absolute atomic E-state index is 11.8. The molecule has 1 aliphatic carbocycles. The van der Waals surface area contributed by atoms with Crippen molar-refractivity contribution in [1.29, 1.82) is 0 Å². The summed E-state index contributed by atoms with van der Waals surface area (Å²) in [4.78, 5) is 23.7. The lowest BCUT2D eigenvalue weighted by molar-refractivity contribution is -0.146. The van der Waals surface area contributed by atoms with Gasteiger partial charge in [0, 0.05) is 49.8 Å². The van der Waals surface area contributed by atoms with Gasteiger partial charge in [-0.3, -0.25) is 9.36 Å². The van der Waals surface area contributed by atoms with Gasteiger partial charge in [0.1, 0.15) is 11.6 Å². The molecule has 9 nitrogen and oxygen atoms in total. The van der Waals surface area contributed by atoms with E-state index in [1.807, 2.05) is 41.2 Å². The molecule has 0 amide bonds. The number of imidazole rings is 1. The lowest BCUT2D eigenvalue weighted by Gasteiger charge is -2.42. The largest absolute Gasteiger partial charge is 0.469 e. The Labute approximate surface area is 244 Å². The molecule has 2 aliphatic rings. The molecule has 2 N–H and O–H groups in total. The summed E-state index contributed by atoms with van der Waals surface area (Å²) in [5.41, 5.74) is 12.3. The molecule has 3 aromatic heterocycles. The van der Waals surface area contributed by atoms with Crippen molar-refractivity contribution in [3.05, 3.63) is 84.8 Å². The van der Waals surface area contributed by atoms with Crippen molar-refractivity contribution in [2.75, 3.05) is 32.5 Å². The molecule has 42 heavy (non-hydrogen) atoms. The number of nitrogen functional groups attached to an aromatic ring is 1. The van der Waals surface area contributed by atoms with Crippen LogP contribution in [0.5, 0.6) is 0 Å². The van der Waals surface area contributed by atoms with Gasteiger partial charge in [-0.25, -0.2) is 14.6 Å². The van der Waals surface area contributed by atoms with Gasteiger partial charge in [-0.1, -0.05) is 12.1 Å². The SMILES string of the molecule is COC(=O)[C@H]1CC[C@H](CN2CC(c3ccc(-n4c(-c5cccnc5N)nc5ccc(-n6cccn6)cc54)cc3)C2)CC1. The van der Waals surface area contributed by atoms with Gasteiger partial charge in [0.25, 0.3) is 0 Å². The fourth-order valence-corrected chi connectivity index (χ4v) is 6.61. The summed E-state index contributed by atoms with van der Waals surface area (Å²) in [6.07, 6.45) is 9.54. The quantitative estimate of drug-likeness (QED) is 0.271. The molecular formula is C33H35N7O2. The van der Waals surface area contributed by atoms with E-state index in [9.17, 15) is 4.79 Å². The van der Waals surface area contributed by atoms with Crippen LogP contribution in [0.4, 0.5) is 5.82 Å². The molecule has 1 aliphatic heterocycles. The molecule has 214 valence electrons. The Morgan fingerprint density at radius 3 is 2.48 bits per heavy atom. The van der Waals surface area contributed by atoms with E-state index in [1.165, 1.54) is 12.7 Å². The van der Waals surface area contributed by atoms with E-state index in [2.05, 4.69) is 49.9 Å². The van der Waals surface area contributed by atoms with Crippen LogP contribution in [-0.2, 0) is 9.53 Å². The van der Waals surface area contributed by atoms with Gasteiger partial charge in [-0.15, -0.1) is 0 Å². The average Bonchev–Trinajstić information content (AvgIpc) is 3.67. The maximum Gasteiger partial charge on any atom is 0.308 e. The molecule has 0 bridgehead atoms. The summed E-state index contributed by atoms with van der Waals surface area (Å²) in [7, 11) is 1.49. The molecule has 7 rings (SSSR count). The van der Waals surface area contributed by atoms with Crippen molar-refractivity contribution < 1.29 is 9.53 Å². The number of rotatable bonds is 7. The fourth-order valence-electron chi connectivity index (χ4n) is 6.61. The van der Waals surface area contributed by atoms with Crippen LogP contribution in [0.1, 0.15) is 37.2 Å². The molecule has 4 heterocycles. The molecule has 0 radical (unpaired) electrons. The first-order valence-corrected chi connectivity index (χ1v) is 14.7. The van der Waals surface area contributed by atoms with Crippen LogP contribution in [-0.4, -0.2) is 61.9 Å². The van der Waals surface area contributed by atoms with Gasteiger partial charge < -0.3 is 15.4 Å². The van der Waals surface area contributed by atoms with Gasteiger partial charge in [0.2, 0.25) is 0 Å².